The lowest BCUT2D eigenvalue weighted by Gasteiger charge is -2.34. The number of likely N-dealkylation sites (N-methyl/N-ethyl adjacent to an activating group) is 2. The predicted octanol–water partition coefficient (Wildman–Crippen LogP) is -0.502. The predicted molar refractivity (Wildman–Crippen MR) is 100 cm³/mol. The second-order valence-electron chi connectivity index (χ2n) is 6.87. The maximum Gasteiger partial charge on any atom is 0.271 e. The Morgan fingerprint density at radius 2 is 2.08 bits per heavy atom. The summed E-state index contributed by atoms with van der Waals surface area (Å²) in [6.07, 6.45) is 3.26. The van der Waals surface area contributed by atoms with E-state index in [1.165, 1.54) is 0 Å². The zero-order valence-corrected chi connectivity index (χ0v) is 15.8. The van der Waals surface area contributed by atoms with Crippen molar-refractivity contribution in [1.82, 2.24) is 30.4 Å². The van der Waals surface area contributed by atoms with Crippen LogP contribution in [0.5, 0.6) is 0 Å². The van der Waals surface area contributed by atoms with Gasteiger partial charge in [0.25, 0.3) is 5.91 Å². The third kappa shape index (κ3) is 6.22. The van der Waals surface area contributed by atoms with E-state index in [1.807, 2.05) is 0 Å². The van der Waals surface area contributed by atoms with Crippen LogP contribution < -0.4 is 15.5 Å². The molecular formula is C17H31N7O. The minimum atomic E-state index is -0.173. The Bertz CT molecular complexity index is 534. The van der Waals surface area contributed by atoms with Gasteiger partial charge in [0.15, 0.2) is 0 Å². The van der Waals surface area contributed by atoms with Crippen molar-refractivity contribution in [3.63, 3.8) is 0 Å². The number of nitrogens with one attached hydrogen (secondary N) is 2. The molecule has 2 heterocycles. The van der Waals surface area contributed by atoms with Crippen LogP contribution in [0.1, 0.15) is 17.4 Å². The van der Waals surface area contributed by atoms with Crippen LogP contribution in [0.25, 0.3) is 0 Å². The summed E-state index contributed by atoms with van der Waals surface area (Å²) < 4.78 is 0. The van der Waals surface area contributed by atoms with Crippen LogP contribution in [0.15, 0.2) is 12.4 Å². The van der Waals surface area contributed by atoms with E-state index in [1.54, 1.807) is 12.4 Å². The van der Waals surface area contributed by atoms with Gasteiger partial charge in [0.2, 0.25) is 0 Å². The molecule has 1 atom stereocenters. The Labute approximate surface area is 150 Å². The van der Waals surface area contributed by atoms with E-state index in [0.29, 0.717) is 18.3 Å². The van der Waals surface area contributed by atoms with Gasteiger partial charge in [-0.1, -0.05) is 0 Å². The Kier molecular flexibility index (Phi) is 7.54. The van der Waals surface area contributed by atoms with Crippen LogP contribution in [0.4, 0.5) is 5.82 Å². The molecule has 0 saturated carbocycles. The lowest BCUT2D eigenvalue weighted by molar-refractivity contribution is 0.0944. The van der Waals surface area contributed by atoms with Crippen LogP contribution in [0.2, 0.25) is 0 Å². The summed E-state index contributed by atoms with van der Waals surface area (Å²) in [5.41, 5.74) is 0.363. The van der Waals surface area contributed by atoms with E-state index in [2.05, 4.69) is 63.4 Å². The van der Waals surface area contributed by atoms with Gasteiger partial charge in [-0.2, -0.15) is 0 Å². The van der Waals surface area contributed by atoms with Crippen molar-refractivity contribution < 1.29 is 4.79 Å². The smallest absolute Gasteiger partial charge is 0.271 e. The van der Waals surface area contributed by atoms with Gasteiger partial charge in [0, 0.05) is 51.9 Å². The van der Waals surface area contributed by atoms with Crippen LogP contribution in [-0.4, -0.2) is 98.7 Å². The van der Waals surface area contributed by atoms with Gasteiger partial charge in [0.05, 0.1) is 12.4 Å². The summed E-state index contributed by atoms with van der Waals surface area (Å²) in [6.45, 7) is 8.31. The first-order valence-corrected chi connectivity index (χ1v) is 8.88. The molecule has 8 heteroatoms. The maximum atomic E-state index is 12.2. The van der Waals surface area contributed by atoms with Crippen LogP contribution in [0, 0.1) is 0 Å². The number of rotatable bonds is 8. The molecule has 1 aromatic heterocycles. The third-order valence-electron chi connectivity index (χ3n) is 4.37. The highest BCUT2D eigenvalue weighted by molar-refractivity contribution is 5.92. The monoisotopic (exact) mass is 349 g/mol. The van der Waals surface area contributed by atoms with Crippen LogP contribution >= 0.6 is 0 Å². The lowest BCUT2D eigenvalue weighted by Crippen LogP contribution is -2.50. The molecule has 1 fully saturated rings. The van der Waals surface area contributed by atoms with Gasteiger partial charge < -0.3 is 25.3 Å². The van der Waals surface area contributed by atoms with E-state index in [-0.39, 0.29) is 5.91 Å². The van der Waals surface area contributed by atoms with E-state index in [9.17, 15) is 4.79 Å². The molecule has 1 aromatic rings. The SMILES string of the molecule is C[C@@H]1CNCCN1c1cnc(C(=O)NCCN(C)CCN(C)C)cn1. The molecule has 2 rings (SSSR count). The fourth-order valence-corrected chi connectivity index (χ4v) is 2.70. The van der Waals surface area contributed by atoms with Crippen LogP contribution in [-0.2, 0) is 0 Å². The summed E-state index contributed by atoms with van der Waals surface area (Å²) >= 11 is 0. The van der Waals surface area contributed by atoms with E-state index >= 15 is 0 Å². The molecule has 0 aromatic carbocycles. The molecule has 1 saturated heterocycles. The highest BCUT2D eigenvalue weighted by Crippen LogP contribution is 2.14. The van der Waals surface area contributed by atoms with Gasteiger partial charge in [-0.25, -0.2) is 9.97 Å². The van der Waals surface area contributed by atoms with Crippen molar-refractivity contribution in [1.29, 1.82) is 0 Å². The number of hydrogen-bond donors (Lipinski definition) is 2. The Balaban J connectivity index is 1.78. The largest absolute Gasteiger partial charge is 0.350 e. The van der Waals surface area contributed by atoms with Crippen molar-refractivity contribution in [3.8, 4) is 0 Å². The van der Waals surface area contributed by atoms with Crippen molar-refractivity contribution in [2.75, 3.05) is 71.9 Å². The van der Waals surface area contributed by atoms with Gasteiger partial charge in [-0.05, 0) is 28.1 Å². The molecule has 2 N–H and O–H groups in total. The van der Waals surface area contributed by atoms with Crippen molar-refractivity contribution in [2.24, 2.45) is 0 Å². The first kappa shape index (κ1) is 19.6. The molecule has 1 aliphatic heterocycles. The summed E-state index contributed by atoms with van der Waals surface area (Å²) in [5, 5.41) is 6.26. The molecular weight excluding hydrogens is 318 g/mol. The standard InChI is InChI=1S/C17H31N7O/c1-14-11-18-5-8-24(14)16-13-20-15(12-21-16)17(25)19-6-7-23(4)10-9-22(2)3/h12-14,18H,5-11H2,1-4H3,(H,19,25)/t14-/m1/s1. The number of hydrogen-bond acceptors (Lipinski definition) is 7. The third-order valence-corrected chi connectivity index (χ3v) is 4.37. The molecule has 140 valence electrons. The number of piperazine rings is 1. The van der Waals surface area contributed by atoms with Crippen molar-refractivity contribution in [2.45, 2.75) is 13.0 Å². The second kappa shape index (κ2) is 9.65. The zero-order chi connectivity index (χ0) is 18.2. The normalized spacial score (nSPS) is 18.0. The molecule has 1 amide bonds. The van der Waals surface area contributed by atoms with Gasteiger partial charge in [0.1, 0.15) is 11.5 Å². The number of amides is 1. The maximum absolute atomic E-state index is 12.2. The molecule has 0 spiro atoms. The molecule has 8 nitrogen and oxygen atoms in total. The molecule has 0 unspecified atom stereocenters. The minimum Gasteiger partial charge on any atom is -0.350 e. The lowest BCUT2D eigenvalue weighted by atomic mass is 10.2. The Morgan fingerprint density at radius 3 is 2.72 bits per heavy atom. The summed E-state index contributed by atoms with van der Waals surface area (Å²) in [5.74, 6) is 0.655. The first-order valence-electron chi connectivity index (χ1n) is 8.88. The fraction of sp³-hybridized carbons (Fsp3) is 0.706. The fourth-order valence-electron chi connectivity index (χ4n) is 2.70. The highest BCUT2D eigenvalue weighted by Gasteiger charge is 2.20. The number of carbonyl (C=O) groups is 1. The van der Waals surface area contributed by atoms with Crippen molar-refractivity contribution in [3.05, 3.63) is 18.1 Å². The van der Waals surface area contributed by atoms with E-state index in [4.69, 9.17) is 0 Å². The number of carbonyl (C=O) groups excluding carboxylic acids is 1. The highest BCUT2D eigenvalue weighted by atomic mass is 16.1. The van der Waals surface area contributed by atoms with E-state index < -0.39 is 0 Å². The first-order chi connectivity index (χ1) is 12.0. The van der Waals surface area contributed by atoms with Gasteiger partial charge in [-0.3, -0.25) is 4.79 Å². The topological polar surface area (TPSA) is 76.6 Å². The van der Waals surface area contributed by atoms with E-state index in [0.717, 1.165) is 45.1 Å². The summed E-state index contributed by atoms with van der Waals surface area (Å²) in [7, 11) is 6.16. The van der Waals surface area contributed by atoms with Crippen molar-refractivity contribution >= 4 is 11.7 Å². The summed E-state index contributed by atoms with van der Waals surface area (Å²) in [6, 6.07) is 0.375. The van der Waals surface area contributed by atoms with Gasteiger partial charge >= 0.3 is 0 Å². The van der Waals surface area contributed by atoms with Crippen LogP contribution in [0.3, 0.4) is 0 Å². The van der Waals surface area contributed by atoms with Gasteiger partial charge in [-0.15, -0.1) is 0 Å². The number of nitrogens with zero attached hydrogens (tertiary/aromatic N) is 5. The second-order valence-corrected chi connectivity index (χ2v) is 6.87. The molecule has 0 radical (unpaired) electrons. The zero-order valence-electron chi connectivity index (χ0n) is 15.8. The summed E-state index contributed by atoms with van der Waals surface area (Å²) in [4.78, 5) is 27.4. The molecule has 1 aliphatic rings. The average molecular weight is 349 g/mol. The minimum absolute atomic E-state index is 0.173. The molecule has 25 heavy (non-hydrogen) atoms. The molecule has 0 bridgehead atoms. The Morgan fingerprint density at radius 1 is 1.28 bits per heavy atom. The number of anilines is 1. The average Bonchev–Trinajstić information content (AvgIpc) is 2.60. The quantitative estimate of drug-likeness (QED) is 0.655. The molecule has 0 aliphatic carbocycles. The Hall–Kier alpha value is -1.77. The number of aromatic nitrogens is 2.